The second-order valence-corrected chi connectivity index (χ2v) is 4.26. The Balaban J connectivity index is 2.37. The number of hydrogen-bond donors (Lipinski definition) is 0. The highest BCUT2D eigenvalue weighted by Gasteiger charge is 2.10. The number of benzene rings is 1. The molecule has 15 heavy (non-hydrogen) atoms. The van der Waals surface area contributed by atoms with Crippen molar-refractivity contribution in [2.24, 2.45) is 7.05 Å². The monoisotopic (exact) mass is 263 g/mol. The fourth-order valence-electron chi connectivity index (χ4n) is 1.45. The Hall–Kier alpha value is -1.35. The lowest BCUT2D eigenvalue weighted by molar-refractivity contribution is 0.103. The number of aryl methyl sites for hydroxylation is 1. The Bertz CT molecular complexity index is 485. The average Bonchev–Trinajstić information content (AvgIpc) is 2.65. The van der Waals surface area contributed by atoms with E-state index in [9.17, 15) is 4.79 Å². The lowest BCUT2D eigenvalue weighted by Gasteiger charge is -2.02. The number of carbonyl (C=O) groups excluding carboxylic acids is 1. The maximum atomic E-state index is 12.0. The molecule has 1 aromatic carbocycles. The van der Waals surface area contributed by atoms with Crippen LogP contribution in [0.3, 0.4) is 0 Å². The number of carbonyl (C=O) groups is 1. The molecule has 1 heterocycles. The number of ketones is 1. The van der Waals surface area contributed by atoms with Gasteiger partial charge in [0.2, 0.25) is 5.78 Å². The summed E-state index contributed by atoms with van der Waals surface area (Å²) in [4.78, 5) is 12.0. The maximum Gasteiger partial charge on any atom is 0.209 e. The first-order valence-corrected chi connectivity index (χ1v) is 5.39. The zero-order valence-corrected chi connectivity index (χ0v) is 9.86. The molecule has 0 saturated heterocycles. The third-order valence-corrected chi connectivity index (χ3v) is 2.81. The summed E-state index contributed by atoms with van der Waals surface area (Å²) >= 11 is 3.34. The molecule has 0 spiro atoms. The van der Waals surface area contributed by atoms with Crippen LogP contribution in [-0.4, -0.2) is 10.4 Å². The van der Waals surface area contributed by atoms with Gasteiger partial charge in [0.05, 0.1) is 5.69 Å². The minimum Gasteiger partial charge on any atom is -0.348 e. The molecule has 76 valence electrons. The Morgan fingerprint density at radius 1 is 1.20 bits per heavy atom. The topological polar surface area (TPSA) is 22.0 Å². The third-order valence-electron chi connectivity index (χ3n) is 2.28. The highest BCUT2D eigenvalue weighted by molar-refractivity contribution is 9.10. The van der Waals surface area contributed by atoms with Gasteiger partial charge in [-0.1, -0.05) is 15.9 Å². The molecular weight excluding hydrogens is 254 g/mol. The van der Waals surface area contributed by atoms with Crippen molar-refractivity contribution in [1.29, 1.82) is 0 Å². The van der Waals surface area contributed by atoms with Crippen LogP contribution in [0.15, 0.2) is 47.1 Å². The van der Waals surface area contributed by atoms with E-state index in [-0.39, 0.29) is 5.78 Å². The molecule has 0 amide bonds. The predicted molar refractivity (Wildman–Crippen MR) is 63.0 cm³/mol. The summed E-state index contributed by atoms with van der Waals surface area (Å²) in [5.41, 5.74) is 1.41. The van der Waals surface area contributed by atoms with Crippen LogP contribution >= 0.6 is 15.9 Å². The lowest BCUT2D eigenvalue weighted by Crippen LogP contribution is -2.06. The Labute approximate surface area is 96.7 Å². The van der Waals surface area contributed by atoms with Crippen molar-refractivity contribution in [3.8, 4) is 0 Å². The van der Waals surface area contributed by atoms with Gasteiger partial charge in [0.15, 0.2) is 0 Å². The fraction of sp³-hybridized carbons (Fsp3) is 0.0833. The van der Waals surface area contributed by atoms with Gasteiger partial charge in [0.1, 0.15) is 0 Å². The molecule has 0 N–H and O–H groups in total. The van der Waals surface area contributed by atoms with E-state index in [4.69, 9.17) is 0 Å². The van der Waals surface area contributed by atoms with Crippen molar-refractivity contribution in [3.63, 3.8) is 0 Å². The van der Waals surface area contributed by atoms with Crippen LogP contribution in [0.25, 0.3) is 0 Å². The molecule has 0 bridgehead atoms. The molecule has 0 aliphatic rings. The molecule has 3 heteroatoms. The minimum absolute atomic E-state index is 0.0509. The summed E-state index contributed by atoms with van der Waals surface area (Å²) in [5, 5.41) is 0. The van der Waals surface area contributed by atoms with E-state index in [1.165, 1.54) is 0 Å². The number of nitrogens with zero attached hydrogens (tertiary/aromatic N) is 1. The van der Waals surface area contributed by atoms with E-state index in [1.54, 1.807) is 0 Å². The highest BCUT2D eigenvalue weighted by atomic mass is 79.9. The van der Waals surface area contributed by atoms with Crippen LogP contribution < -0.4 is 0 Å². The SMILES string of the molecule is Cn1cccc1C(=O)c1ccc(Br)cc1. The first-order chi connectivity index (χ1) is 7.18. The molecule has 1 aromatic heterocycles. The van der Waals surface area contributed by atoms with Crippen LogP contribution in [0.2, 0.25) is 0 Å². The summed E-state index contributed by atoms with van der Waals surface area (Å²) in [7, 11) is 1.87. The maximum absolute atomic E-state index is 12.0. The molecule has 0 radical (unpaired) electrons. The van der Waals surface area contributed by atoms with E-state index in [2.05, 4.69) is 15.9 Å². The van der Waals surface area contributed by atoms with Crippen LogP contribution in [0.1, 0.15) is 16.1 Å². The summed E-state index contributed by atoms with van der Waals surface area (Å²) in [5.74, 6) is 0.0509. The number of rotatable bonds is 2. The first-order valence-electron chi connectivity index (χ1n) is 4.60. The second-order valence-electron chi connectivity index (χ2n) is 3.34. The molecule has 0 saturated carbocycles. The van der Waals surface area contributed by atoms with Crippen LogP contribution in [-0.2, 0) is 7.05 Å². The predicted octanol–water partition coefficient (Wildman–Crippen LogP) is 3.02. The van der Waals surface area contributed by atoms with Crippen LogP contribution in [0.4, 0.5) is 0 Å². The van der Waals surface area contributed by atoms with Gasteiger partial charge in [-0.15, -0.1) is 0 Å². The summed E-state index contributed by atoms with van der Waals surface area (Å²) in [6, 6.07) is 11.1. The van der Waals surface area contributed by atoms with Gasteiger partial charge in [0.25, 0.3) is 0 Å². The number of halogens is 1. The normalized spacial score (nSPS) is 10.3. The molecule has 2 rings (SSSR count). The zero-order valence-electron chi connectivity index (χ0n) is 8.27. The van der Waals surface area contributed by atoms with Crippen LogP contribution in [0.5, 0.6) is 0 Å². The van der Waals surface area contributed by atoms with Gasteiger partial charge >= 0.3 is 0 Å². The smallest absolute Gasteiger partial charge is 0.209 e. The van der Waals surface area contributed by atoms with Crippen molar-refractivity contribution in [2.75, 3.05) is 0 Å². The molecular formula is C12H10BrNO. The molecule has 0 fully saturated rings. The van der Waals surface area contributed by atoms with Gasteiger partial charge in [-0.25, -0.2) is 0 Å². The van der Waals surface area contributed by atoms with E-state index < -0.39 is 0 Å². The highest BCUT2D eigenvalue weighted by Crippen LogP contribution is 2.14. The van der Waals surface area contributed by atoms with Gasteiger partial charge in [-0.05, 0) is 36.4 Å². The van der Waals surface area contributed by atoms with Gasteiger partial charge in [-0.3, -0.25) is 4.79 Å². The molecule has 0 unspecified atom stereocenters. The Morgan fingerprint density at radius 2 is 1.87 bits per heavy atom. The standard InChI is InChI=1S/C12H10BrNO/c1-14-8-2-3-11(14)12(15)9-4-6-10(13)7-5-9/h2-8H,1H3. The summed E-state index contributed by atoms with van der Waals surface area (Å²) in [6.07, 6.45) is 1.87. The van der Waals surface area contributed by atoms with Crippen LogP contribution in [0, 0.1) is 0 Å². The van der Waals surface area contributed by atoms with Gasteiger partial charge in [0, 0.05) is 23.3 Å². The zero-order chi connectivity index (χ0) is 10.8. The third kappa shape index (κ3) is 2.02. The van der Waals surface area contributed by atoms with E-state index in [1.807, 2.05) is 54.2 Å². The van der Waals surface area contributed by atoms with E-state index in [0.717, 1.165) is 4.47 Å². The second kappa shape index (κ2) is 4.03. The Kier molecular flexibility index (Phi) is 2.73. The largest absolute Gasteiger partial charge is 0.348 e. The first kappa shape index (κ1) is 10.2. The summed E-state index contributed by atoms with van der Waals surface area (Å²) in [6.45, 7) is 0. The molecule has 0 aliphatic heterocycles. The lowest BCUT2D eigenvalue weighted by atomic mass is 10.1. The average molecular weight is 264 g/mol. The molecule has 2 nitrogen and oxygen atoms in total. The van der Waals surface area contributed by atoms with E-state index >= 15 is 0 Å². The fourth-order valence-corrected chi connectivity index (χ4v) is 1.71. The summed E-state index contributed by atoms with van der Waals surface area (Å²) < 4.78 is 2.80. The molecule has 0 aliphatic carbocycles. The molecule has 0 atom stereocenters. The Morgan fingerprint density at radius 3 is 2.40 bits per heavy atom. The van der Waals surface area contributed by atoms with Gasteiger partial charge in [-0.2, -0.15) is 0 Å². The number of hydrogen-bond acceptors (Lipinski definition) is 1. The number of aromatic nitrogens is 1. The van der Waals surface area contributed by atoms with Crippen molar-refractivity contribution in [3.05, 3.63) is 58.3 Å². The quantitative estimate of drug-likeness (QED) is 0.764. The van der Waals surface area contributed by atoms with Crippen molar-refractivity contribution < 1.29 is 4.79 Å². The minimum atomic E-state index is 0.0509. The van der Waals surface area contributed by atoms with E-state index in [0.29, 0.717) is 11.3 Å². The van der Waals surface area contributed by atoms with Crippen molar-refractivity contribution in [2.45, 2.75) is 0 Å². The van der Waals surface area contributed by atoms with Gasteiger partial charge < -0.3 is 4.57 Å². The molecule has 2 aromatic rings. The van der Waals surface area contributed by atoms with Crippen molar-refractivity contribution in [1.82, 2.24) is 4.57 Å². The van der Waals surface area contributed by atoms with Crippen molar-refractivity contribution >= 4 is 21.7 Å².